The second kappa shape index (κ2) is 6.85. The van der Waals surface area contributed by atoms with Crippen molar-refractivity contribution < 1.29 is 4.79 Å². The number of aryl methyl sites for hydroxylation is 1. The minimum absolute atomic E-state index is 0.870. The van der Waals surface area contributed by atoms with Crippen LogP contribution in [0.3, 0.4) is 0 Å². The largest absolute Gasteiger partial charge is 0.313 e. The van der Waals surface area contributed by atoms with E-state index in [1.807, 2.05) is 48.5 Å². The van der Waals surface area contributed by atoms with Crippen molar-refractivity contribution in [3.05, 3.63) is 108 Å². The van der Waals surface area contributed by atoms with Gasteiger partial charge in [-0.1, -0.05) is 66.7 Å². The molecule has 2 heteroatoms. The molecule has 0 saturated heterocycles. The Morgan fingerprint density at radius 1 is 0.846 bits per heavy atom. The van der Waals surface area contributed by atoms with Crippen molar-refractivity contribution in [3.8, 4) is 11.1 Å². The van der Waals surface area contributed by atoms with Gasteiger partial charge in [0.2, 0.25) is 0 Å². The number of hydrogen-bond donors (Lipinski definition) is 0. The van der Waals surface area contributed by atoms with Gasteiger partial charge in [0.15, 0.2) is 0 Å². The molecule has 2 nitrogen and oxygen atoms in total. The van der Waals surface area contributed by atoms with Gasteiger partial charge in [0, 0.05) is 22.3 Å². The smallest absolute Gasteiger partial charge is 0.143 e. The first kappa shape index (κ1) is 16.1. The molecule has 0 aliphatic heterocycles. The molecule has 0 saturated carbocycles. The fourth-order valence-electron chi connectivity index (χ4n) is 3.49. The summed E-state index contributed by atoms with van der Waals surface area (Å²) in [6, 6.07) is 28.8. The second-order valence-electron chi connectivity index (χ2n) is 6.28. The Morgan fingerprint density at radius 3 is 2.23 bits per heavy atom. The van der Waals surface area contributed by atoms with E-state index in [9.17, 15) is 4.79 Å². The van der Waals surface area contributed by atoms with Crippen LogP contribution in [0.2, 0.25) is 0 Å². The zero-order chi connectivity index (χ0) is 17.9. The molecule has 0 atom stereocenters. The molecule has 2 aromatic heterocycles. The predicted octanol–water partition coefficient (Wildman–Crippen LogP) is 5.55. The van der Waals surface area contributed by atoms with Crippen LogP contribution in [-0.2, 0) is 4.79 Å². The van der Waals surface area contributed by atoms with E-state index in [1.165, 1.54) is 0 Å². The Hall–Kier alpha value is -3.39. The average Bonchev–Trinajstić information content (AvgIpc) is 3.08. The Labute approximate surface area is 153 Å². The van der Waals surface area contributed by atoms with E-state index in [-0.39, 0.29) is 0 Å². The summed E-state index contributed by atoms with van der Waals surface area (Å²) in [4.78, 5) is 11.5. The van der Waals surface area contributed by atoms with Crippen molar-refractivity contribution in [2.45, 2.75) is 6.92 Å². The Morgan fingerprint density at radius 2 is 1.54 bits per heavy atom. The minimum atomic E-state index is 0.870. The molecule has 0 aliphatic carbocycles. The van der Waals surface area contributed by atoms with Crippen LogP contribution >= 0.6 is 0 Å². The summed E-state index contributed by atoms with van der Waals surface area (Å²) in [5, 5.41) is 0. The SMILES string of the molecule is Cc1cccc2cc(-c3ccccc3)c(/C(=C\C=O)c3ccccc3)n12. The topological polar surface area (TPSA) is 21.5 Å². The quantitative estimate of drug-likeness (QED) is 0.354. The van der Waals surface area contributed by atoms with Gasteiger partial charge in [-0.25, -0.2) is 0 Å². The Bertz CT molecular complexity index is 1090. The third-order valence-electron chi connectivity index (χ3n) is 4.65. The fraction of sp³-hybridized carbons (Fsp3) is 0.0417. The van der Waals surface area contributed by atoms with Crippen molar-refractivity contribution in [3.63, 3.8) is 0 Å². The maximum Gasteiger partial charge on any atom is 0.143 e. The molecule has 0 fully saturated rings. The molecule has 2 aromatic carbocycles. The summed E-state index contributed by atoms with van der Waals surface area (Å²) in [6.45, 7) is 2.09. The first-order valence-electron chi connectivity index (χ1n) is 8.67. The van der Waals surface area contributed by atoms with Gasteiger partial charge in [0.05, 0.1) is 5.69 Å². The van der Waals surface area contributed by atoms with Crippen LogP contribution in [-0.4, -0.2) is 10.7 Å². The third kappa shape index (κ3) is 2.76. The lowest BCUT2D eigenvalue weighted by Crippen LogP contribution is -1.99. The number of nitrogens with zero attached hydrogens (tertiary/aromatic N) is 1. The second-order valence-corrected chi connectivity index (χ2v) is 6.28. The van der Waals surface area contributed by atoms with E-state index in [0.29, 0.717) is 0 Å². The first-order valence-corrected chi connectivity index (χ1v) is 8.67. The van der Waals surface area contributed by atoms with Crippen LogP contribution in [0, 0.1) is 6.92 Å². The number of aromatic nitrogens is 1. The molecule has 0 amide bonds. The number of carbonyl (C=O) groups excluding carboxylic acids is 1. The lowest BCUT2D eigenvalue weighted by Gasteiger charge is -2.13. The molecule has 0 radical (unpaired) electrons. The number of rotatable bonds is 4. The molecular weight excluding hydrogens is 318 g/mol. The fourth-order valence-corrected chi connectivity index (χ4v) is 3.49. The van der Waals surface area contributed by atoms with Crippen molar-refractivity contribution in [2.75, 3.05) is 0 Å². The molecule has 4 rings (SSSR count). The van der Waals surface area contributed by atoms with E-state index in [1.54, 1.807) is 6.08 Å². The van der Waals surface area contributed by atoms with Gasteiger partial charge >= 0.3 is 0 Å². The van der Waals surface area contributed by atoms with Crippen LogP contribution in [0.4, 0.5) is 0 Å². The number of pyridine rings is 1. The lowest BCUT2D eigenvalue weighted by atomic mass is 9.96. The summed E-state index contributed by atoms with van der Waals surface area (Å²) in [7, 11) is 0. The van der Waals surface area contributed by atoms with E-state index in [2.05, 4.69) is 47.7 Å². The maximum atomic E-state index is 11.5. The number of allylic oxidation sites excluding steroid dienone is 1. The van der Waals surface area contributed by atoms with Gasteiger partial charge in [-0.15, -0.1) is 0 Å². The highest BCUT2D eigenvalue weighted by Crippen LogP contribution is 2.36. The highest BCUT2D eigenvalue weighted by atomic mass is 16.1. The molecule has 0 aliphatic rings. The minimum Gasteiger partial charge on any atom is -0.313 e. The Balaban J connectivity index is 2.10. The predicted molar refractivity (Wildman–Crippen MR) is 107 cm³/mol. The highest BCUT2D eigenvalue weighted by Gasteiger charge is 2.18. The van der Waals surface area contributed by atoms with Crippen molar-refractivity contribution in [2.24, 2.45) is 0 Å². The first-order chi connectivity index (χ1) is 12.8. The Kier molecular flexibility index (Phi) is 4.24. The molecule has 0 bridgehead atoms. The third-order valence-corrected chi connectivity index (χ3v) is 4.65. The van der Waals surface area contributed by atoms with Crippen molar-refractivity contribution >= 4 is 17.4 Å². The average molecular weight is 337 g/mol. The summed E-state index contributed by atoms with van der Waals surface area (Å²) in [5.41, 5.74) is 7.51. The summed E-state index contributed by atoms with van der Waals surface area (Å²) in [6.07, 6.45) is 2.53. The van der Waals surface area contributed by atoms with Crippen LogP contribution < -0.4 is 0 Å². The molecular formula is C24H19NO. The number of carbonyl (C=O) groups is 1. The summed E-state index contributed by atoms with van der Waals surface area (Å²) >= 11 is 0. The highest BCUT2D eigenvalue weighted by molar-refractivity contribution is 5.95. The van der Waals surface area contributed by atoms with Gasteiger partial charge < -0.3 is 4.40 Å². The van der Waals surface area contributed by atoms with Gasteiger partial charge in [-0.3, -0.25) is 4.79 Å². The van der Waals surface area contributed by atoms with Gasteiger partial charge in [-0.2, -0.15) is 0 Å². The van der Waals surface area contributed by atoms with Crippen molar-refractivity contribution in [1.29, 1.82) is 0 Å². The summed E-state index contributed by atoms with van der Waals surface area (Å²) < 4.78 is 2.23. The number of aldehydes is 1. The van der Waals surface area contributed by atoms with Gasteiger partial charge in [-0.05, 0) is 42.3 Å². The summed E-state index contributed by atoms with van der Waals surface area (Å²) in [5.74, 6) is 0. The maximum absolute atomic E-state index is 11.5. The zero-order valence-electron chi connectivity index (χ0n) is 14.6. The van der Waals surface area contributed by atoms with Crippen LogP contribution in [0.15, 0.2) is 91.0 Å². The lowest BCUT2D eigenvalue weighted by molar-refractivity contribution is -0.104. The van der Waals surface area contributed by atoms with Gasteiger partial charge in [0.1, 0.15) is 6.29 Å². The standard InChI is InChI=1S/C24H19NO/c1-18-9-8-14-21-17-23(20-12-6-3-7-13-20)24(25(18)21)22(15-16-26)19-10-4-2-5-11-19/h2-17H,1H3/b22-15-. The van der Waals surface area contributed by atoms with Crippen LogP contribution in [0.25, 0.3) is 22.2 Å². The normalized spacial score (nSPS) is 11.7. The molecule has 26 heavy (non-hydrogen) atoms. The molecule has 0 unspecified atom stereocenters. The number of hydrogen-bond acceptors (Lipinski definition) is 1. The zero-order valence-corrected chi connectivity index (χ0v) is 14.6. The van der Waals surface area contributed by atoms with E-state index in [4.69, 9.17) is 0 Å². The molecule has 2 heterocycles. The molecule has 0 spiro atoms. The number of fused-ring (bicyclic) bond motifs is 1. The van der Waals surface area contributed by atoms with E-state index < -0.39 is 0 Å². The van der Waals surface area contributed by atoms with Crippen molar-refractivity contribution in [1.82, 2.24) is 4.40 Å². The van der Waals surface area contributed by atoms with Crippen LogP contribution in [0.1, 0.15) is 17.0 Å². The molecule has 4 aromatic rings. The monoisotopic (exact) mass is 337 g/mol. The molecule has 0 N–H and O–H groups in total. The van der Waals surface area contributed by atoms with E-state index in [0.717, 1.165) is 45.5 Å². The molecule has 126 valence electrons. The van der Waals surface area contributed by atoms with E-state index >= 15 is 0 Å². The van der Waals surface area contributed by atoms with Gasteiger partial charge in [0.25, 0.3) is 0 Å². The van der Waals surface area contributed by atoms with Crippen LogP contribution in [0.5, 0.6) is 0 Å². The number of benzene rings is 2.